The van der Waals surface area contributed by atoms with Gasteiger partial charge in [-0.3, -0.25) is 0 Å². The van der Waals surface area contributed by atoms with E-state index < -0.39 is 21.7 Å². The third-order valence-electron chi connectivity index (χ3n) is 1.91. The molecule has 0 aliphatic rings. The number of carbonyl (C=O) groups excluding carboxylic acids is 2. The van der Waals surface area contributed by atoms with Crippen LogP contribution < -0.4 is 0 Å². The predicted molar refractivity (Wildman–Crippen MR) is 69.4 cm³/mol. The molecule has 0 aromatic heterocycles. The van der Waals surface area contributed by atoms with E-state index in [9.17, 15) is 9.59 Å². The Kier molecular flexibility index (Phi) is 9.42. The van der Waals surface area contributed by atoms with Crippen LogP contribution in [0.15, 0.2) is 12.2 Å². The molecule has 0 saturated heterocycles. The molecule has 5 heteroatoms. The fourth-order valence-electron chi connectivity index (χ4n) is 1.01. The molecule has 0 saturated carbocycles. The molecule has 0 aromatic rings. The lowest BCUT2D eigenvalue weighted by atomic mass is 10.3. The van der Waals surface area contributed by atoms with Crippen LogP contribution in [0.3, 0.4) is 0 Å². The van der Waals surface area contributed by atoms with Crippen LogP contribution in [0.1, 0.15) is 40.0 Å². The maximum atomic E-state index is 11.1. The number of hydrogen-bond acceptors (Lipinski definition) is 4. The van der Waals surface area contributed by atoms with E-state index in [1.807, 2.05) is 13.8 Å². The third-order valence-corrected chi connectivity index (χ3v) is 3.02. The van der Waals surface area contributed by atoms with Crippen LogP contribution in [-0.2, 0) is 18.8 Å². The van der Waals surface area contributed by atoms with Crippen molar-refractivity contribution in [1.82, 2.24) is 0 Å². The zero-order valence-electron chi connectivity index (χ0n) is 10.9. The summed E-state index contributed by atoms with van der Waals surface area (Å²) >= 11 is 0. The summed E-state index contributed by atoms with van der Waals surface area (Å²) in [6.07, 6.45) is 5.25. The molecule has 0 spiro atoms. The SMILES string of the molecule is CCCCCOC(=O)/C=C/C(=O)O[SiH2]C(C)C. The molecule has 98 valence electrons. The van der Waals surface area contributed by atoms with Crippen molar-refractivity contribution in [1.29, 1.82) is 0 Å². The maximum Gasteiger partial charge on any atom is 0.331 e. The van der Waals surface area contributed by atoms with Crippen LogP contribution in [0.2, 0.25) is 5.54 Å². The second-order valence-corrected chi connectivity index (χ2v) is 6.49. The summed E-state index contributed by atoms with van der Waals surface area (Å²) < 4.78 is 9.90. The summed E-state index contributed by atoms with van der Waals surface area (Å²) in [5.74, 6) is -0.930. The first-order valence-corrected chi connectivity index (χ1v) is 7.47. The average Bonchev–Trinajstić information content (AvgIpc) is 2.29. The molecular weight excluding hydrogens is 236 g/mol. The molecule has 0 aliphatic carbocycles. The van der Waals surface area contributed by atoms with E-state index in [1.54, 1.807) is 0 Å². The Balaban J connectivity index is 3.67. The number of hydrogen-bond donors (Lipinski definition) is 0. The Bertz CT molecular complexity index is 261. The number of ether oxygens (including phenoxy) is 1. The van der Waals surface area contributed by atoms with Gasteiger partial charge >= 0.3 is 11.9 Å². The lowest BCUT2D eigenvalue weighted by Gasteiger charge is -2.03. The molecule has 0 N–H and O–H groups in total. The molecule has 0 amide bonds. The van der Waals surface area contributed by atoms with Crippen molar-refractivity contribution in [3.63, 3.8) is 0 Å². The van der Waals surface area contributed by atoms with Crippen LogP contribution in [0.25, 0.3) is 0 Å². The van der Waals surface area contributed by atoms with Gasteiger partial charge in [0.15, 0.2) is 0 Å². The minimum atomic E-state index is -0.822. The minimum Gasteiger partial charge on any atom is -0.522 e. The molecular formula is C12H22O4Si. The molecule has 0 aliphatic heterocycles. The molecule has 0 heterocycles. The lowest BCUT2D eigenvalue weighted by molar-refractivity contribution is -0.138. The van der Waals surface area contributed by atoms with Crippen molar-refractivity contribution in [3.05, 3.63) is 12.2 Å². The molecule has 0 atom stereocenters. The zero-order valence-corrected chi connectivity index (χ0v) is 12.3. The highest BCUT2D eigenvalue weighted by Crippen LogP contribution is 1.98. The number of rotatable bonds is 8. The van der Waals surface area contributed by atoms with E-state index in [4.69, 9.17) is 9.16 Å². The van der Waals surface area contributed by atoms with E-state index in [2.05, 4.69) is 6.92 Å². The van der Waals surface area contributed by atoms with E-state index in [0.29, 0.717) is 12.1 Å². The highest BCUT2D eigenvalue weighted by atomic mass is 28.2. The van der Waals surface area contributed by atoms with Crippen LogP contribution in [0, 0.1) is 0 Å². The summed E-state index contributed by atoms with van der Waals surface area (Å²) in [5.41, 5.74) is 0.424. The summed E-state index contributed by atoms with van der Waals surface area (Å²) in [7, 11) is -0.822. The van der Waals surface area contributed by atoms with Crippen molar-refractivity contribution >= 4 is 21.7 Å². The topological polar surface area (TPSA) is 52.6 Å². The Labute approximate surface area is 105 Å². The first-order chi connectivity index (χ1) is 8.06. The van der Waals surface area contributed by atoms with Gasteiger partial charge in [-0.15, -0.1) is 0 Å². The summed E-state index contributed by atoms with van der Waals surface area (Å²) in [5, 5.41) is 0. The van der Waals surface area contributed by atoms with Gasteiger partial charge in [-0.2, -0.15) is 0 Å². The molecule has 0 unspecified atom stereocenters. The Hall–Kier alpha value is -1.10. The fraction of sp³-hybridized carbons (Fsp3) is 0.667. The molecule has 17 heavy (non-hydrogen) atoms. The van der Waals surface area contributed by atoms with E-state index in [0.717, 1.165) is 31.4 Å². The number of esters is 1. The summed E-state index contributed by atoms with van der Waals surface area (Å²) in [6, 6.07) is 0. The summed E-state index contributed by atoms with van der Waals surface area (Å²) in [4.78, 5) is 22.3. The third kappa shape index (κ3) is 11.2. The smallest absolute Gasteiger partial charge is 0.331 e. The predicted octanol–water partition coefficient (Wildman–Crippen LogP) is 1.73. The molecule has 0 radical (unpaired) electrons. The Morgan fingerprint density at radius 2 is 1.82 bits per heavy atom. The number of unbranched alkanes of at least 4 members (excludes halogenated alkanes) is 2. The van der Waals surface area contributed by atoms with Crippen LogP contribution >= 0.6 is 0 Å². The van der Waals surface area contributed by atoms with Crippen LogP contribution in [-0.4, -0.2) is 28.3 Å². The van der Waals surface area contributed by atoms with Crippen molar-refractivity contribution < 1.29 is 18.8 Å². The highest BCUT2D eigenvalue weighted by molar-refractivity contribution is 6.32. The van der Waals surface area contributed by atoms with Gasteiger partial charge in [0.1, 0.15) is 0 Å². The van der Waals surface area contributed by atoms with Gasteiger partial charge < -0.3 is 9.16 Å². The van der Waals surface area contributed by atoms with Crippen molar-refractivity contribution in [2.24, 2.45) is 0 Å². The monoisotopic (exact) mass is 258 g/mol. The fourth-order valence-corrected chi connectivity index (χ4v) is 1.60. The Morgan fingerprint density at radius 3 is 2.41 bits per heavy atom. The normalized spacial score (nSPS) is 11.5. The zero-order chi connectivity index (χ0) is 13.1. The molecule has 0 bridgehead atoms. The van der Waals surface area contributed by atoms with Gasteiger partial charge in [-0.05, 0) is 12.0 Å². The first-order valence-electron chi connectivity index (χ1n) is 6.07. The van der Waals surface area contributed by atoms with Crippen molar-refractivity contribution in [3.8, 4) is 0 Å². The molecule has 0 aromatic carbocycles. The minimum absolute atomic E-state index is 0.410. The van der Waals surface area contributed by atoms with Gasteiger partial charge in [-0.25, -0.2) is 9.59 Å². The average molecular weight is 258 g/mol. The Morgan fingerprint density at radius 1 is 1.18 bits per heavy atom. The highest BCUT2D eigenvalue weighted by Gasteiger charge is 2.02. The largest absolute Gasteiger partial charge is 0.522 e. The summed E-state index contributed by atoms with van der Waals surface area (Å²) in [6.45, 7) is 6.50. The van der Waals surface area contributed by atoms with Gasteiger partial charge in [0.2, 0.25) is 9.76 Å². The molecule has 0 fully saturated rings. The van der Waals surface area contributed by atoms with Crippen molar-refractivity contribution in [2.45, 2.75) is 45.6 Å². The van der Waals surface area contributed by atoms with Gasteiger partial charge in [0.05, 0.1) is 6.61 Å². The molecule has 4 nitrogen and oxygen atoms in total. The standard InChI is InChI=1S/C12H22O4Si/c1-4-5-6-9-15-11(13)7-8-12(14)16-17-10(2)3/h7-8,10H,4-6,9,17H2,1-3H3/b8-7+. The van der Waals surface area contributed by atoms with Gasteiger partial charge in [0, 0.05) is 12.2 Å². The maximum absolute atomic E-state index is 11.1. The first kappa shape index (κ1) is 15.9. The van der Waals surface area contributed by atoms with E-state index >= 15 is 0 Å². The second kappa shape index (κ2) is 10.1. The van der Waals surface area contributed by atoms with Gasteiger partial charge in [-0.1, -0.05) is 33.6 Å². The second-order valence-electron chi connectivity index (χ2n) is 4.23. The van der Waals surface area contributed by atoms with Crippen LogP contribution in [0.5, 0.6) is 0 Å². The van der Waals surface area contributed by atoms with Crippen LogP contribution in [0.4, 0.5) is 0 Å². The van der Waals surface area contributed by atoms with Gasteiger partial charge in [0.25, 0.3) is 0 Å². The quantitative estimate of drug-likeness (QED) is 0.288. The molecule has 0 rings (SSSR count). The lowest BCUT2D eigenvalue weighted by Crippen LogP contribution is -2.09. The van der Waals surface area contributed by atoms with E-state index in [1.165, 1.54) is 0 Å². The van der Waals surface area contributed by atoms with Crippen molar-refractivity contribution in [2.75, 3.05) is 6.61 Å². The van der Waals surface area contributed by atoms with E-state index in [-0.39, 0.29) is 0 Å². The number of carbonyl (C=O) groups is 2.